The third-order valence-electron chi connectivity index (χ3n) is 2.44. The van der Waals surface area contributed by atoms with Crippen LogP contribution in [0.15, 0.2) is 30.3 Å². The molecule has 6 heteroatoms. The Hall–Kier alpha value is -2.37. The first kappa shape index (κ1) is 13.1. The van der Waals surface area contributed by atoms with Gasteiger partial charge in [-0.05, 0) is 18.2 Å². The molecule has 0 aliphatic heterocycles. The lowest BCUT2D eigenvalue weighted by molar-refractivity contribution is 0.0600. The molecule has 3 nitrogen and oxygen atoms in total. The summed E-state index contributed by atoms with van der Waals surface area (Å²) in [7, 11) is 1.13. The second-order valence-corrected chi connectivity index (χ2v) is 3.66. The van der Waals surface area contributed by atoms with Gasteiger partial charge in [0.05, 0.1) is 18.4 Å². The maximum atomic E-state index is 13.6. The number of pyridine rings is 1. The van der Waals surface area contributed by atoms with E-state index in [1.165, 1.54) is 12.1 Å². The van der Waals surface area contributed by atoms with Crippen molar-refractivity contribution in [3.05, 3.63) is 53.5 Å². The molecule has 1 aromatic heterocycles. The number of hydrogen-bond acceptors (Lipinski definition) is 3. The van der Waals surface area contributed by atoms with E-state index in [1.54, 1.807) is 0 Å². The zero-order chi connectivity index (χ0) is 14.0. The van der Waals surface area contributed by atoms with E-state index in [4.69, 9.17) is 0 Å². The molecule has 0 radical (unpaired) electrons. The molecule has 0 aliphatic rings. The first-order chi connectivity index (χ1) is 9.02. The number of rotatable bonds is 2. The fraction of sp³-hybridized carbons (Fsp3) is 0.0769. The van der Waals surface area contributed by atoms with Crippen LogP contribution in [0, 0.1) is 17.6 Å². The van der Waals surface area contributed by atoms with E-state index in [9.17, 15) is 18.0 Å². The van der Waals surface area contributed by atoms with Crippen molar-refractivity contribution in [2.75, 3.05) is 7.11 Å². The quantitative estimate of drug-likeness (QED) is 0.620. The molecule has 0 spiro atoms. The van der Waals surface area contributed by atoms with Crippen LogP contribution < -0.4 is 0 Å². The third-order valence-corrected chi connectivity index (χ3v) is 2.44. The van der Waals surface area contributed by atoms with E-state index in [2.05, 4.69) is 9.72 Å². The Morgan fingerprint density at radius 1 is 1.21 bits per heavy atom. The average Bonchev–Trinajstić information content (AvgIpc) is 2.40. The smallest absolute Gasteiger partial charge is 0.338 e. The normalized spacial score (nSPS) is 10.3. The van der Waals surface area contributed by atoms with Crippen LogP contribution in [0.25, 0.3) is 11.3 Å². The van der Waals surface area contributed by atoms with Crippen molar-refractivity contribution in [2.24, 2.45) is 0 Å². The molecule has 98 valence electrons. The minimum absolute atomic E-state index is 0.131. The van der Waals surface area contributed by atoms with Gasteiger partial charge in [0.15, 0.2) is 11.6 Å². The highest BCUT2D eigenvalue weighted by molar-refractivity contribution is 5.90. The van der Waals surface area contributed by atoms with Crippen LogP contribution in [0.1, 0.15) is 10.4 Å². The number of esters is 1. The first-order valence-corrected chi connectivity index (χ1v) is 5.23. The standard InChI is InChI=1S/C13H8F3NO2/c1-19-13(18)7-5-10(17-11(15)6-7)8-3-2-4-9(14)12(8)16/h2-6H,1H3. The number of ether oxygens (including phenoxy) is 1. The van der Waals surface area contributed by atoms with Crippen LogP contribution in [-0.2, 0) is 4.74 Å². The summed E-state index contributed by atoms with van der Waals surface area (Å²) in [6.07, 6.45) is 0. The van der Waals surface area contributed by atoms with Crippen LogP contribution in [-0.4, -0.2) is 18.1 Å². The number of aromatic nitrogens is 1. The van der Waals surface area contributed by atoms with Crippen molar-refractivity contribution in [3.8, 4) is 11.3 Å². The van der Waals surface area contributed by atoms with Gasteiger partial charge in [-0.25, -0.2) is 18.6 Å². The van der Waals surface area contributed by atoms with E-state index in [0.717, 1.165) is 25.3 Å². The average molecular weight is 267 g/mol. The van der Waals surface area contributed by atoms with Gasteiger partial charge < -0.3 is 4.74 Å². The number of carbonyl (C=O) groups excluding carboxylic acids is 1. The van der Waals surface area contributed by atoms with Gasteiger partial charge in [-0.15, -0.1) is 0 Å². The number of methoxy groups -OCH3 is 1. The zero-order valence-electron chi connectivity index (χ0n) is 9.78. The van der Waals surface area contributed by atoms with Crippen molar-refractivity contribution in [2.45, 2.75) is 0 Å². The van der Waals surface area contributed by atoms with Crippen LogP contribution in [0.3, 0.4) is 0 Å². The molecule has 0 saturated carbocycles. The Bertz CT molecular complexity index is 644. The fourth-order valence-corrected chi connectivity index (χ4v) is 1.57. The summed E-state index contributed by atoms with van der Waals surface area (Å²) in [6.45, 7) is 0. The molecule has 0 fully saturated rings. The van der Waals surface area contributed by atoms with E-state index >= 15 is 0 Å². The minimum Gasteiger partial charge on any atom is -0.465 e. The van der Waals surface area contributed by atoms with Crippen LogP contribution in [0.2, 0.25) is 0 Å². The predicted molar refractivity (Wildman–Crippen MR) is 60.9 cm³/mol. The fourth-order valence-electron chi connectivity index (χ4n) is 1.57. The molecule has 1 aromatic carbocycles. The van der Waals surface area contributed by atoms with Crippen molar-refractivity contribution in [1.29, 1.82) is 0 Å². The van der Waals surface area contributed by atoms with Gasteiger partial charge in [0.1, 0.15) is 0 Å². The van der Waals surface area contributed by atoms with Gasteiger partial charge in [-0.2, -0.15) is 4.39 Å². The summed E-state index contributed by atoms with van der Waals surface area (Å²) in [5.41, 5.74) is -0.546. The molecule has 0 saturated heterocycles. The molecule has 0 atom stereocenters. The molecule has 19 heavy (non-hydrogen) atoms. The highest BCUT2D eigenvalue weighted by atomic mass is 19.2. The summed E-state index contributed by atoms with van der Waals surface area (Å²) in [6, 6.07) is 5.41. The number of hydrogen-bond donors (Lipinski definition) is 0. The summed E-state index contributed by atoms with van der Waals surface area (Å²) in [4.78, 5) is 14.8. The number of carbonyl (C=O) groups is 1. The lowest BCUT2D eigenvalue weighted by Crippen LogP contribution is -2.04. The zero-order valence-corrected chi connectivity index (χ0v) is 9.78. The maximum absolute atomic E-state index is 13.6. The topological polar surface area (TPSA) is 39.2 Å². The van der Waals surface area contributed by atoms with Gasteiger partial charge in [-0.3, -0.25) is 0 Å². The van der Waals surface area contributed by atoms with E-state index in [-0.39, 0.29) is 16.8 Å². The Balaban J connectivity index is 2.59. The van der Waals surface area contributed by atoms with Gasteiger partial charge in [0.25, 0.3) is 0 Å². The van der Waals surface area contributed by atoms with Crippen molar-refractivity contribution < 1.29 is 22.7 Å². The molecule has 2 aromatic rings. The van der Waals surface area contributed by atoms with Gasteiger partial charge in [0.2, 0.25) is 5.95 Å². The molecule has 0 bridgehead atoms. The second kappa shape index (κ2) is 5.09. The SMILES string of the molecule is COC(=O)c1cc(F)nc(-c2cccc(F)c2F)c1. The summed E-state index contributed by atoms with van der Waals surface area (Å²) >= 11 is 0. The van der Waals surface area contributed by atoms with Gasteiger partial charge >= 0.3 is 5.97 Å². The molecule has 0 amide bonds. The Kier molecular flexibility index (Phi) is 3.50. The van der Waals surface area contributed by atoms with E-state index in [1.807, 2.05) is 0 Å². The summed E-state index contributed by atoms with van der Waals surface area (Å²) in [5, 5.41) is 0. The third kappa shape index (κ3) is 2.57. The molecule has 1 heterocycles. The van der Waals surface area contributed by atoms with E-state index < -0.39 is 23.6 Å². The highest BCUT2D eigenvalue weighted by Crippen LogP contribution is 2.24. The molecule has 0 N–H and O–H groups in total. The van der Waals surface area contributed by atoms with E-state index in [0.29, 0.717) is 0 Å². The number of nitrogens with zero attached hydrogens (tertiary/aromatic N) is 1. The lowest BCUT2D eigenvalue weighted by atomic mass is 10.1. The number of benzene rings is 1. The van der Waals surface area contributed by atoms with Crippen LogP contribution >= 0.6 is 0 Å². The van der Waals surface area contributed by atoms with Crippen LogP contribution in [0.4, 0.5) is 13.2 Å². The molecular weight excluding hydrogens is 259 g/mol. The molecule has 2 rings (SSSR count). The Labute approximate surface area is 106 Å². The Morgan fingerprint density at radius 2 is 1.95 bits per heavy atom. The monoisotopic (exact) mass is 267 g/mol. The Morgan fingerprint density at radius 3 is 2.63 bits per heavy atom. The second-order valence-electron chi connectivity index (χ2n) is 3.66. The molecule has 0 aliphatic carbocycles. The minimum atomic E-state index is -1.16. The summed E-state index contributed by atoms with van der Waals surface area (Å²) in [5.74, 6) is -4.01. The number of halogens is 3. The molecular formula is C13H8F3NO2. The van der Waals surface area contributed by atoms with Crippen molar-refractivity contribution in [3.63, 3.8) is 0 Å². The summed E-state index contributed by atoms with van der Waals surface area (Å²) < 4.78 is 44.4. The van der Waals surface area contributed by atoms with Gasteiger partial charge in [-0.1, -0.05) is 6.07 Å². The largest absolute Gasteiger partial charge is 0.465 e. The lowest BCUT2D eigenvalue weighted by Gasteiger charge is -2.06. The highest BCUT2D eigenvalue weighted by Gasteiger charge is 2.15. The molecule has 0 unspecified atom stereocenters. The first-order valence-electron chi connectivity index (χ1n) is 5.23. The van der Waals surface area contributed by atoms with Gasteiger partial charge in [0, 0.05) is 11.6 Å². The predicted octanol–water partition coefficient (Wildman–Crippen LogP) is 2.95. The van der Waals surface area contributed by atoms with Crippen LogP contribution in [0.5, 0.6) is 0 Å². The van der Waals surface area contributed by atoms with Crippen molar-refractivity contribution in [1.82, 2.24) is 4.98 Å². The van der Waals surface area contributed by atoms with Crippen molar-refractivity contribution >= 4 is 5.97 Å². The maximum Gasteiger partial charge on any atom is 0.338 e.